The molecule has 0 aromatic heterocycles. The number of halogens is 1. The number of nitrogens with one attached hydrogen (secondary N) is 1. The number of hydrogen-bond acceptors (Lipinski definition) is 2. The van der Waals surface area contributed by atoms with Gasteiger partial charge in [-0.05, 0) is 38.3 Å². The van der Waals surface area contributed by atoms with Crippen molar-refractivity contribution in [1.29, 1.82) is 0 Å². The third-order valence-corrected chi connectivity index (χ3v) is 3.85. The van der Waals surface area contributed by atoms with Crippen LogP contribution in [0.4, 0.5) is 0 Å². The molecule has 0 saturated carbocycles. The molecule has 1 N–H and O–H groups in total. The Bertz CT molecular complexity index is 397. The highest BCUT2D eigenvalue weighted by atomic mass is 35.5. The Balaban J connectivity index is 0.00000200. The van der Waals surface area contributed by atoms with Crippen molar-refractivity contribution in [2.45, 2.75) is 38.1 Å². The summed E-state index contributed by atoms with van der Waals surface area (Å²) in [7, 11) is 1.89. The first-order valence-corrected chi connectivity index (χ1v) is 7.29. The summed E-state index contributed by atoms with van der Waals surface area (Å²) in [6, 6.07) is 10.9. The summed E-state index contributed by atoms with van der Waals surface area (Å²) < 4.78 is 0. The fourth-order valence-corrected chi connectivity index (χ4v) is 2.80. The molecule has 1 aliphatic heterocycles. The van der Waals surface area contributed by atoms with Gasteiger partial charge in [-0.25, -0.2) is 0 Å². The first-order valence-electron chi connectivity index (χ1n) is 7.29. The standard InChI is InChI=1S/C16H24N2O.ClH/c1-17-11-10-16(19)18-12-6-5-9-15(18)13-14-7-3-2-4-8-14;/h2-4,7-8,15,17H,5-6,9-13H2,1H3;1H. The Labute approximate surface area is 128 Å². The summed E-state index contributed by atoms with van der Waals surface area (Å²) in [6.07, 6.45) is 5.14. The highest BCUT2D eigenvalue weighted by Gasteiger charge is 2.26. The van der Waals surface area contributed by atoms with Gasteiger partial charge in [0.15, 0.2) is 0 Å². The van der Waals surface area contributed by atoms with Crippen LogP contribution in [0.15, 0.2) is 30.3 Å². The quantitative estimate of drug-likeness (QED) is 0.906. The summed E-state index contributed by atoms with van der Waals surface area (Å²) in [6.45, 7) is 1.70. The molecule has 1 amide bonds. The van der Waals surface area contributed by atoms with Gasteiger partial charge in [0.05, 0.1) is 0 Å². The van der Waals surface area contributed by atoms with Crippen molar-refractivity contribution in [3.05, 3.63) is 35.9 Å². The minimum Gasteiger partial charge on any atom is -0.339 e. The number of carbonyl (C=O) groups excluding carboxylic acids is 1. The van der Waals surface area contributed by atoms with Crippen LogP contribution in [-0.4, -0.2) is 37.0 Å². The fourth-order valence-electron chi connectivity index (χ4n) is 2.80. The second kappa shape index (κ2) is 8.98. The van der Waals surface area contributed by atoms with Crippen LogP contribution in [0.25, 0.3) is 0 Å². The number of hydrogen-bond donors (Lipinski definition) is 1. The molecule has 0 spiro atoms. The zero-order valence-corrected chi connectivity index (χ0v) is 13.0. The van der Waals surface area contributed by atoms with Gasteiger partial charge < -0.3 is 10.2 Å². The summed E-state index contributed by atoms with van der Waals surface area (Å²) in [5.41, 5.74) is 1.33. The topological polar surface area (TPSA) is 32.3 Å². The first kappa shape index (κ1) is 17.0. The lowest BCUT2D eigenvalue weighted by molar-refractivity contribution is -0.134. The van der Waals surface area contributed by atoms with Gasteiger partial charge in [0.25, 0.3) is 0 Å². The van der Waals surface area contributed by atoms with Crippen molar-refractivity contribution in [2.75, 3.05) is 20.1 Å². The van der Waals surface area contributed by atoms with E-state index in [2.05, 4.69) is 34.5 Å². The Hall–Kier alpha value is -1.06. The minimum absolute atomic E-state index is 0. The monoisotopic (exact) mass is 296 g/mol. The maximum Gasteiger partial charge on any atom is 0.224 e. The van der Waals surface area contributed by atoms with Crippen LogP contribution in [0.5, 0.6) is 0 Å². The van der Waals surface area contributed by atoms with Crippen molar-refractivity contribution in [3.63, 3.8) is 0 Å². The summed E-state index contributed by atoms with van der Waals surface area (Å²) in [5, 5.41) is 3.05. The minimum atomic E-state index is 0. The lowest BCUT2D eigenvalue weighted by Gasteiger charge is -2.36. The van der Waals surface area contributed by atoms with E-state index in [1.165, 1.54) is 12.0 Å². The summed E-state index contributed by atoms with van der Waals surface area (Å²) >= 11 is 0. The summed E-state index contributed by atoms with van der Waals surface area (Å²) in [4.78, 5) is 14.3. The molecule has 1 aromatic carbocycles. The molecule has 1 fully saturated rings. The predicted octanol–water partition coefficient (Wildman–Crippen LogP) is 2.64. The van der Waals surface area contributed by atoms with Crippen LogP contribution in [0, 0.1) is 0 Å². The van der Waals surface area contributed by atoms with E-state index in [0.29, 0.717) is 18.4 Å². The molecule has 1 heterocycles. The molecule has 0 aliphatic carbocycles. The van der Waals surface area contributed by atoms with Gasteiger partial charge in [-0.1, -0.05) is 30.3 Å². The van der Waals surface area contributed by atoms with E-state index in [9.17, 15) is 4.79 Å². The van der Waals surface area contributed by atoms with Crippen LogP contribution in [0.3, 0.4) is 0 Å². The number of carbonyl (C=O) groups is 1. The number of amides is 1. The normalized spacial score (nSPS) is 18.4. The molecule has 20 heavy (non-hydrogen) atoms. The van der Waals surface area contributed by atoms with Crippen molar-refractivity contribution in [3.8, 4) is 0 Å². The molecule has 1 aromatic rings. The van der Waals surface area contributed by atoms with Crippen molar-refractivity contribution in [2.24, 2.45) is 0 Å². The van der Waals surface area contributed by atoms with Gasteiger partial charge in [-0.15, -0.1) is 12.4 Å². The second-order valence-electron chi connectivity index (χ2n) is 5.28. The smallest absolute Gasteiger partial charge is 0.224 e. The van der Waals surface area contributed by atoms with Gasteiger partial charge in [-0.3, -0.25) is 4.79 Å². The molecule has 4 heteroatoms. The number of rotatable bonds is 5. The number of likely N-dealkylation sites (tertiary alicyclic amines) is 1. The van der Waals surface area contributed by atoms with Crippen molar-refractivity contribution >= 4 is 18.3 Å². The molecule has 1 saturated heterocycles. The van der Waals surface area contributed by atoms with E-state index in [1.807, 2.05) is 13.1 Å². The average molecular weight is 297 g/mol. The lowest BCUT2D eigenvalue weighted by atomic mass is 9.95. The van der Waals surface area contributed by atoms with Gasteiger partial charge in [0, 0.05) is 25.6 Å². The van der Waals surface area contributed by atoms with E-state index < -0.39 is 0 Å². The number of nitrogens with zero attached hydrogens (tertiary/aromatic N) is 1. The van der Waals surface area contributed by atoms with Crippen LogP contribution in [-0.2, 0) is 11.2 Å². The summed E-state index contributed by atoms with van der Waals surface area (Å²) in [5.74, 6) is 0.301. The third kappa shape index (κ3) is 4.80. The van der Waals surface area contributed by atoms with Crippen LogP contribution in [0.1, 0.15) is 31.2 Å². The third-order valence-electron chi connectivity index (χ3n) is 3.85. The van der Waals surface area contributed by atoms with Crippen molar-refractivity contribution < 1.29 is 4.79 Å². The highest BCUT2D eigenvalue weighted by molar-refractivity contribution is 5.85. The predicted molar refractivity (Wildman–Crippen MR) is 85.3 cm³/mol. The molecule has 1 atom stereocenters. The Morgan fingerprint density at radius 1 is 1.30 bits per heavy atom. The lowest BCUT2D eigenvalue weighted by Crippen LogP contribution is -2.45. The second-order valence-corrected chi connectivity index (χ2v) is 5.28. The maximum atomic E-state index is 12.2. The zero-order valence-electron chi connectivity index (χ0n) is 12.2. The largest absolute Gasteiger partial charge is 0.339 e. The average Bonchev–Trinajstić information content (AvgIpc) is 2.46. The molecule has 0 bridgehead atoms. The Morgan fingerprint density at radius 3 is 2.75 bits per heavy atom. The molecule has 1 aliphatic rings. The van der Waals surface area contributed by atoms with E-state index in [4.69, 9.17) is 0 Å². The van der Waals surface area contributed by atoms with Crippen LogP contribution in [0.2, 0.25) is 0 Å². The van der Waals surface area contributed by atoms with Crippen molar-refractivity contribution in [1.82, 2.24) is 10.2 Å². The van der Waals surface area contributed by atoms with Gasteiger partial charge >= 0.3 is 0 Å². The van der Waals surface area contributed by atoms with Gasteiger partial charge in [-0.2, -0.15) is 0 Å². The van der Waals surface area contributed by atoms with E-state index in [-0.39, 0.29) is 12.4 Å². The zero-order chi connectivity index (χ0) is 13.5. The van der Waals surface area contributed by atoms with Gasteiger partial charge in [0.2, 0.25) is 5.91 Å². The maximum absolute atomic E-state index is 12.2. The van der Waals surface area contributed by atoms with E-state index in [0.717, 1.165) is 32.4 Å². The number of benzene rings is 1. The van der Waals surface area contributed by atoms with E-state index in [1.54, 1.807) is 0 Å². The van der Waals surface area contributed by atoms with Crippen LogP contribution < -0.4 is 5.32 Å². The molecule has 112 valence electrons. The molecular formula is C16H25ClN2O. The molecule has 2 rings (SSSR count). The Morgan fingerprint density at radius 2 is 2.05 bits per heavy atom. The Kier molecular flexibility index (Phi) is 7.63. The number of piperidine rings is 1. The first-order chi connectivity index (χ1) is 9.31. The molecular weight excluding hydrogens is 272 g/mol. The molecule has 3 nitrogen and oxygen atoms in total. The SMILES string of the molecule is CNCCC(=O)N1CCCCC1Cc1ccccc1.Cl. The fraction of sp³-hybridized carbons (Fsp3) is 0.562. The van der Waals surface area contributed by atoms with Crippen LogP contribution >= 0.6 is 12.4 Å². The highest BCUT2D eigenvalue weighted by Crippen LogP contribution is 2.21. The van der Waals surface area contributed by atoms with Gasteiger partial charge in [0.1, 0.15) is 0 Å². The molecule has 1 unspecified atom stereocenters. The molecule has 0 radical (unpaired) electrons. The van der Waals surface area contributed by atoms with E-state index >= 15 is 0 Å².